The standard InChI is InChI=1S/C19H15N/c1-14-8-10-15(11-9-14)17-13-16-5-2-3-6-18(16)20-12-4-7-19(17)20/h2-13H,1H3. The Kier molecular flexibility index (Phi) is 2.40. The number of aryl methyl sites for hydroxylation is 1. The lowest BCUT2D eigenvalue weighted by Crippen LogP contribution is -1.90. The van der Waals surface area contributed by atoms with Gasteiger partial charge in [-0.05, 0) is 42.1 Å². The predicted molar refractivity (Wildman–Crippen MR) is 85.1 cm³/mol. The summed E-state index contributed by atoms with van der Waals surface area (Å²) < 4.78 is 2.27. The summed E-state index contributed by atoms with van der Waals surface area (Å²) in [5, 5.41) is 1.27. The average Bonchev–Trinajstić information content (AvgIpc) is 2.97. The summed E-state index contributed by atoms with van der Waals surface area (Å²) in [7, 11) is 0. The van der Waals surface area contributed by atoms with Crippen LogP contribution in [-0.4, -0.2) is 4.40 Å². The fourth-order valence-corrected chi connectivity index (χ4v) is 2.83. The summed E-state index contributed by atoms with van der Waals surface area (Å²) in [6.45, 7) is 2.12. The highest BCUT2D eigenvalue weighted by atomic mass is 14.9. The lowest BCUT2D eigenvalue weighted by atomic mass is 10.0. The smallest absolute Gasteiger partial charge is 0.0534 e. The quantitative estimate of drug-likeness (QED) is 0.448. The Morgan fingerprint density at radius 2 is 1.50 bits per heavy atom. The summed E-state index contributed by atoms with van der Waals surface area (Å²) >= 11 is 0. The molecule has 0 aliphatic rings. The molecule has 0 spiro atoms. The van der Waals surface area contributed by atoms with Crippen molar-refractivity contribution in [3.8, 4) is 11.1 Å². The largest absolute Gasteiger partial charge is 0.316 e. The van der Waals surface area contributed by atoms with Crippen molar-refractivity contribution in [1.29, 1.82) is 0 Å². The molecule has 1 heteroatoms. The fourth-order valence-electron chi connectivity index (χ4n) is 2.83. The highest BCUT2D eigenvalue weighted by Crippen LogP contribution is 2.30. The van der Waals surface area contributed by atoms with Crippen LogP contribution in [0.5, 0.6) is 0 Å². The Bertz CT molecular complexity index is 898. The zero-order chi connectivity index (χ0) is 13.5. The molecule has 4 aromatic rings. The van der Waals surface area contributed by atoms with Gasteiger partial charge in [0.15, 0.2) is 0 Å². The molecule has 0 saturated heterocycles. The third kappa shape index (κ3) is 1.64. The van der Waals surface area contributed by atoms with Crippen LogP contribution in [0.3, 0.4) is 0 Å². The first-order valence-corrected chi connectivity index (χ1v) is 6.89. The highest BCUT2D eigenvalue weighted by Gasteiger charge is 2.07. The van der Waals surface area contributed by atoms with Gasteiger partial charge in [0.05, 0.1) is 11.0 Å². The summed E-state index contributed by atoms with van der Waals surface area (Å²) in [5.41, 5.74) is 6.36. The summed E-state index contributed by atoms with van der Waals surface area (Å²) in [5.74, 6) is 0. The average molecular weight is 257 g/mol. The monoisotopic (exact) mass is 257 g/mol. The summed E-state index contributed by atoms with van der Waals surface area (Å²) in [4.78, 5) is 0. The topological polar surface area (TPSA) is 4.41 Å². The molecule has 0 atom stereocenters. The van der Waals surface area contributed by atoms with Crippen LogP contribution in [-0.2, 0) is 0 Å². The third-order valence-electron chi connectivity index (χ3n) is 3.88. The van der Waals surface area contributed by atoms with Crippen molar-refractivity contribution >= 4 is 16.4 Å². The number of pyridine rings is 1. The van der Waals surface area contributed by atoms with Crippen LogP contribution in [0.15, 0.2) is 72.9 Å². The fraction of sp³-hybridized carbons (Fsp3) is 0.0526. The van der Waals surface area contributed by atoms with Crippen molar-refractivity contribution in [2.75, 3.05) is 0 Å². The molecule has 96 valence electrons. The van der Waals surface area contributed by atoms with Gasteiger partial charge < -0.3 is 4.40 Å². The Hall–Kier alpha value is -2.54. The second-order valence-corrected chi connectivity index (χ2v) is 5.25. The number of nitrogens with zero attached hydrogens (tertiary/aromatic N) is 1. The molecule has 0 amide bonds. The van der Waals surface area contributed by atoms with E-state index in [1.807, 2.05) is 0 Å². The third-order valence-corrected chi connectivity index (χ3v) is 3.88. The van der Waals surface area contributed by atoms with Gasteiger partial charge in [-0.2, -0.15) is 0 Å². The molecule has 0 aliphatic heterocycles. The number of rotatable bonds is 1. The zero-order valence-corrected chi connectivity index (χ0v) is 11.4. The second kappa shape index (κ2) is 4.24. The number of hydrogen-bond donors (Lipinski definition) is 0. The van der Waals surface area contributed by atoms with Gasteiger partial charge in [-0.1, -0.05) is 48.0 Å². The molecular formula is C19H15N. The maximum Gasteiger partial charge on any atom is 0.0534 e. The summed E-state index contributed by atoms with van der Waals surface area (Å²) in [6.07, 6.45) is 2.13. The van der Waals surface area contributed by atoms with Crippen molar-refractivity contribution in [3.05, 3.63) is 78.5 Å². The molecule has 2 heterocycles. The molecule has 0 fully saturated rings. The SMILES string of the molecule is Cc1ccc(-c2cc3ccccc3n3cccc23)cc1. The number of fused-ring (bicyclic) bond motifs is 3. The number of benzene rings is 2. The Balaban J connectivity index is 2.11. The van der Waals surface area contributed by atoms with Crippen LogP contribution in [0.1, 0.15) is 5.56 Å². The van der Waals surface area contributed by atoms with Gasteiger partial charge in [-0.15, -0.1) is 0 Å². The van der Waals surface area contributed by atoms with E-state index in [1.165, 1.54) is 33.1 Å². The minimum atomic E-state index is 1.25. The first-order valence-electron chi connectivity index (χ1n) is 6.89. The minimum Gasteiger partial charge on any atom is -0.316 e. The molecule has 0 N–H and O–H groups in total. The highest BCUT2D eigenvalue weighted by molar-refractivity contribution is 5.93. The molecule has 0 bridgehead atoms. The van der Waals surface area contributed by atoms with E-state index in [4.69, 9.17) is 0 Å². The van der Waals surface area contributed by atoms with Crippen LogP contribution >= 0.6 is 0 Å². The van der Waals surface area contributed by atoms with E-state index in [0.717, 1.165) is 0 Å². The molecule has 2 aromatic heterocycles. The molecule has 0 radical (unpaired) electrons. The van der Waals surface area contributed by atoms with Gasteiger partial charge in [0.25, 0.3) is 0 Å². The van der Waals surface area contributed by atoms with Crippen molar-refractivity contribution in [2.24, 2.45) is 0 Å². The van der Waals surface area contributed by atoms with E-state index in [9.17, 15) is 0 Å². The van der Waals surface area contributed by atoms with E-state index in [1.54, 1.807) is 0 Å². The van der Waals surface area contributed by atoms with Crippen molar-refractivity contribution in [2.45, 2.75) is 6.92 Å². The van der Waals surface area contributed by atoms with Crippen molar-refractivity contribution in [1.82, 2.24) is 4.40 Å². The molecule has 0 aliphatic carbocycles. The van der Waals surface area contributed by atoms with Crippen LogP contribution < -0.4 is 0 Å². The van der Waals surface area contributed by atoms with E-state index in [2.05, 4.69) is 84.3 Å². The van der Waals surface area contributed by atoms with Crippen LogP contribution in [0, 0.1) is 6.92 Å². The Labute approximate surface area is 118 Å². The molecule has 20 heavy (non-hydrogen) atoms. The maximum atomic E-state index is 2.29. The minimum absolute atomic E-state index is 1.25. The van der Waals surface area contributed by atoms with E-state index in [0.29, 0.717) is 0 Å². The predicted octanol–water partition coefficient (Wildman–Crippen LogP) is 5.07. The van der Waals surface area contributed by atoms with Crippen LogP contribution in [0.4, 0.5) is 0 Å². The Morgan fingerprint density at radius 3 is 2.35 bits per heavy atom. The van der Waals surface area contributed by atoms with Gasteiger partial charge in [0.2, 0.25) is 0 Å². The van der Waals surface area contributed by atoms with Gasteiger partial charge >= 0.3 is 0 Å². The van der Waals surface area contributed by atoms with E-state index < -0.39 is 0 Å². The molecule has 0 saturated carbocycles. The zero-order valence-electron chi connectivity index (χ0n) is 11.4. The molecule has 0 unspecified atom stereocenters. The van der Waals surface area contributed by atoms with E-state index >= 15 is 0 Å². The Morgan fingerprint density at radius 1 is 0.750 bits per heavy atom. The molecule has 2 aromatic carbocycles. The van der Waals surface area contributed by atoms with Crippen LogP contribution in [0.25, 0.3) is 27.5 Å². The van der Waals surface area contributed by atoms with Crippen molar-refractivity contribution in [3.63, 3.8) is 0 Å². The number of hydrogen-bond acceptors (Lipinski definition) is 0. The van der Waals surface area contributed by atoms with Gasteiger partial charge in [-0.25, -0.2) is 0 Å². The number of para-hydroxylation sites is 1. The maximum absolute atomic E-state index is 2.29. The summed E-state index contributed by atoms with van der Waals surface area (Å²) in [6, 6.07) is 23.8. The molecule has 1 nitrogen and oxygen atoms in total. The van der Waals surface area contributed by atoms with Gasteiger partial charge in [0.1, 0.15) is 0 Å². The first-order chi connectivity index (χ1) is 9.83. The van der Waals surface area contributed by atoms with Gasteiger partial charge in [0, 0.05) is 11.8 Å². The number of aromatic nitrogens is 1. The van der Waals surface area contributed by atoms with E-state index in [-0.39, 0.29) is 0 Å². The molecule has 4 rings (SSSR count). The lowest BCUT2D eigenvalue weighted by molar-refractivity contribution is 1.27. The normalized spacial score (nSPS) is 11.2. The second-order valence-electron chi connectivity index (χ2n) is 5.25. The van der Waals surface area contributed by atoms with Crippen molar-refractivity contribution < 1.29 is 0 Å². The van der Waals surface area contributed by atoms with Gasteiger partial charge in [-0.3, -0.25) is 0 Å². The van der Waals surface area contributed by atoms with Crippen LogP contribution in [0.2, 0.25) is 0 Å². The first kappa shape index (κ1) is 11.3. The molecular weight excluding hydrogens is 242 g/mol. The lowest BCUT2D eigenvalue weighted by Gasteiger charge is -2.10.